The number of nitrogens with one attached hydrogen (secondary N) is 1. The van der Waals surface area contributed by atoms with Crippen molar-refractivity contribution in [3.8, 4) is 0 Å². The van der Waals surface area contributed by atoms with Gasteiger partial charge in [-0.15, -0.1) is 0 Å². The zero-order valence-electron chi connectivity index (χ0n) is 13.3. The molecule has 0 bridgehead atoms. The number of morpholine rings is 1. The summed E-state index contributed by atoms with van der Waals surface area (Å²) in [6.07, 6.45) is 1.70. The normalized spacial score (nSPS) is 20.5. The third kappa shape index (κ3) is 4.42. The van der Waals surface area contributed by atoms with Crippen molar-refractivity contribution in [1.82, 2.24) is 10.2 Å². The van der Waals surface area contributed by atoms with Crippen LogP contribution in [0.15, 0.2) is 24.3 Å². The molecular weight excluding hydrogens is 297 g/mol. The summed E-state index contributed by atoms with van der Waals surface area (Å²) in [6.45, 7) is 5.02. The molecule has 2 heterocycles. The molecule has 2 saturated heterocycles. The van der Waals surface area contributed by atoms with Gasteiger partial charge in [0.05, 0.1) is 25.4 Å². The standard InChI is InChI=1S/C17H24FN3O2/c18-15-3-1-2-4-16(15)21-7-5-14(6-8-21)19-17(22)13-20-9-11-23-12-10-20/h1-4,14H,5-13H2,(H,19,22). The molecule has 1 amide bonds. The summed E-state index contributed by atoms with van der Waals surface area (Å²) in [5.41, 5.74) is 0.658. The van der Waals surface area contributed by atoms with E-state index in [1.54, 1.807) is 6.07 Å². The number of rotatable bonds is 4. The summed E-state index contributed by atoms with van der Waals surface area (Å²) >= 11 is 0. The minimum atomic E-state index is -0.178. The van der Waals surface area contributed by atoms with Gasteiger partial charge in [0.1, 0.15) is 5.82 Å². The van der Waals surface area contributed by atoms with E-state index in [2.05, 4.69) is 15.1 Å². The maximum absolute atomic E-state index is 13.8. The van der Waals surface area contributed by atoms with Crippen LogP contribution in [0.5, 0.6) is 0 Å². The Balaban J connectivity index is 1.44. The highest BCUT2D eigenvalue weighted by Gasteiger charge is 2.23. The van der Waals surface area contributed by atoms with Crippen LogP contribution in [0.4, 0.5) is 10.1 Å². The number of hydrogen-bond acceptors (Lipinski definition) is 4. The molecule has 1 N–H and O–H groups in total. The smallest absolute Gasteiger partial charge is 0.234 e. The van der Waals surface area contributed by atoms with E-state index in [4.69, 9.17) is 4.74 Å². The average Bonchev–Trinajstić information content (AvgIpc) is 2.57. The predicted octanol–water partition coefficient (Wildman–Crippen LogP) is 1.24. The van der Waals surface area contributed by atoms with Crippen molar-refractivity contribution >= 4 is 11.6 Å². The van der Waals surface area contributed by atoms with Crippen LogP contribution in [0.1, 0.15) is 12.8 Å². The first-order valence-electron chi connectivity index (χ1n) is 8.31. The van der Waals surface area contributed by atoms with Gasteiger partial charge in [-0.05, 0) is 25.0 Å². The van der Waals surface area contributed by atoms with Gasteiger partial charge < -0.3 is 15.0 Å². The van der Waals surface area contributed by atoms with Gasteiger partial charge in [0.15, 0.2) is 0 Å². The van der Waals surface area contributed by atoms with E-state index < -0.39 is 0 Å². The van der Waals surface area contributed by atoms with E-state index in [0.717, 1.165) is 39.0 Å². The van der Waals surface area contributed by atoms with E-state index in [9.17, 15) is 9.18 Å². The van der Waals surface area contributed by atoms with Crippen molar-refractivity contribution < 1.29 is 13.9 Å². The summed E-state index contributed by atoms with van der Waals surface area (Å²) in [5, 5.41) is 3.11. The lowest BCUT2D eigenvalue weighted by Gasteiger charge is -2.34. The topological polar surface area (TPSA) is 44.8 Å². The molecule has 1 aromatic carbocycles. The van der Waals surface area contributed by atoms with Crippen molar-refractivity contribution in [2.75, 3.05) is 50.8 Å². The second-order valence-electron chi connectivity index (χ2n) is 6.17. The minimum Gasteiger partial charge on any atom is -0.379 e. The number of piperidine rings is 1. The number of para-hydroxylation sites is 1. The zero-order valence-corrected chi connectivity index (χ0v) is 13.3. The van der Waals surface area contributed by atoms with E-state index in [-0.39, 0.29) is 17.8 Å². The van der Waals surface area contributed by atoms with E-state index in [1.807, 2.05) is 12.1 Å². The Morgan fingerprint density at radius 1 is 1.17 bits per heavy atom. The number of carbonyl (C=O) groups is 1. The molecule has 3 rings (SSSR count). The van der Waals surface area contributed by atoms with Crippen molar-refractivity contribution in [2.24, 2.45) is 0 Å². The zero-order chi connectivity index (χ0) is 16.1. The number of anilines is 1. The van der Waals surface area contributed by atoms with Crippen LogP contribution in [0.2, 0.25) is 0 Å². The fraction of sp³-hybridized carbons (Fsp3) is 0.588. The molecule has 2 aliphatic heterocycles. The Hall–Kier alpha value is -1.66. The lowest BCUT2D eigenvalue weighted by atomic mass is 10.0. The third-order valence-electron chi connectivity index (χ3n) is 4.52. The predicted molar refractivity (Wildman–Crippen MR) is 87.0 cm³/mol. The molecule has 0 aromatic heterocycles. The van der Waals surface area contributed by atoms with E-state index in [1.165, 1.54) is 6.07 Å². The first kappa shape index (κ1) is 16.2. The lowest BCUT2D eigenvalue weighted by Crippen LogP contribution is -2.49. The van der Waals surface area contributed by atoms with Crippen molar-refractivity contribution in [1.29, 1.82) is 0 Å². The first-order valence-corrected chi connectivity index (χ1v) is 8.31. The summed E-state index contributed by atoms with van der Waals surface area (Å²) in [6, 6.07) is 7.05. The number of amides is 1. The number of carbonyl (C=O) groups excluding carboxylic acids is 1. The van der Waals surface area contributed by atoms with E-state index >= 15 is 0 Å². The van der Waals surface area contributed by atoms with Gasteiger partial charge >= 0.3 is 0 Å². The van der Waals surface area contributed by atoms with Gasteiger partial charge in [-0.1, -0.05) is 12.1 Å². The van der Waals surface area contributed by atoms with Gasteiger partial charge in [0.25, 0.3) is 0 Å². The van der Waals surface area contributed by atoms with Crippen molar-refractivity contribution in [2.45, 2.75) is 18.9 Å². The van der Waals surface area contributed by atoms with Crippen LogP contribution >= 0.6 is 0 Å². The SMILES string of the molecule is O=C(CN1CCOCC1)NC1CCN(c2ccccc2F)CC1. The number of hydrogen-bond donors (Lipinski definition) is 1. The summed E-state index contributed by atoms with van der Waals surface area (Å²) < 4.78 is 19.1. The molecule has 0 spiro atoms. The van der Waals surface area contributed by atoms with Crippen LogP contribution in [-0.2, 0) is 9.53 Å². The highest BCUT2D eigenvalue weighted by molar-refractivity contribution is 5.78. The summed E-state index contributed by atoms with van der Waals surface area (Å²) in [5.74, 6) is -0.0986. The molecule has 0 atom stereocenters. The molecule has 0 aliphatic carbocycles. The second-order valence-corrected chi connectivity index (χ2v) is 6.17. The average molecular weight is 321 g/mol. The summed E-state index contributed by atoms with van der Waals surface area (Å²) in [7, 11) is 0. The molecule has 126 valence electrons. The maximum Gasteiger partial charge on any atom is 0.234 e. The van der Waals surface area contributed by atoms with Crippen LogP contribution < -0.4 is 10.2 Å². The number of ether oxygens (including phenoxy) is 1. The van der Waals surface area contributed by atoms with Crippen molar-refractivity contribution in [3.05, 3.63) is 30.1 Å². The van der Waals surface area contributed by atoms with Crippen LogP contribution in [-0.4, -0.2) is 62.8 Å². The minimum absolute atomic E-state index is 0.0799. The van der Waals surface area contributed by atoms with Crippen LogP contribution in [0.3, 0.4) is 0 Å². The first-order chi connectivity index (χ1) is 11.2. The Labute approximate surface area is 136 Å². The van der Waals surface area contributed by atoms with Gasteiger partial charge in [-0.3, -0.25) is 9.69 Å². The van der Waals surface area contributed by atoms with Gasteiger partial charge in [0, 0.05) is 32.2 Å². The fourth-order valence-electron chi connectivity index (χ4n) is 3.21. The molecule has 5 nitrogen and oxygen atoms in total. The maximum atomic E-state index is 13.8. The fourth-order valence-corrected chi connectivity index (χ4v) is 3.21. The highest BCUT2D eigenvalue weighted by atomic mass is 19.1. The monoisotopic (exact) mass is 321 g/mol. The molecule has 0 unspecified atom stereocenters. The van der Waals surface area contributed by atoms with Crippen molar-refractivity contribution in [3.63, 3.8) is 0 Å². The second kappa shape index (κ2) is 7.75. The Morgan fingerprint density at radius 3 is 2.57 bits per heavy atom. The Bertz CT molecular complexity index is 526. The molecule has 0 saturated carbocycles. The molecule has 1 aromatic rings. The third-order valence-corrected chi connectivity index (χ3v) is 4.52. The lowest BCUT2D eigenvalue weighted by molar-refractivity contribution is -0.124. The van der Waals surface area contributed by atoms with Gasteiger partial charge in [0.2, 0.25) is 5.91 Å². The number of halogens is 1. The molecular formula is C17H24FN3O2. The molecule has 2 aliphatic rings. The molecule has 0 radical (unpaired) electrons. The van der Waals surface area contributed by atoms with Gasteiger partial charge in [-0.2, -0.15) is 0 Å². The summed E-state index contributed by atoms with van der Waals surface area (Å²) in [4.78, 5) is 16.3. The quantitative estimate of drug-likeness (QED) is 0.906. The van der Waals surface area contributed by atoms with E-state index in [0.29, 0.717) is 25.4 Å². The number of nitrogens with zero attached hydrogens (tertiary/aromatic N) is 2. The molecule has 2 fully saturated rings. The Morgan fingerprint density at radius 2 is 1.87 bits per heavy atom. The molecule has 23 heavy (non-hydrogen) atoms. The largest absolute Gasteiger partial charge is 0.379 e. The highest BCUT2D eigenvalue weighted by Crippen LogP contribution is 2.22. The number of benzene rings is 1. The van der Waals surface area contributed by atoms with Crippen LogP contribution in [0.25, 0.3) is 0 Å². The Kier molecular flexibility index (Phi) is 5.46. The van der Waals surface area contributed by atoms with Gasteiger partial charge in [-0.25, -0.2) is 4.39 Å². The van der Waals surface area contributed by atoms with Crippen LogP contribution in [0, 0.1) is 5.82 Å². The molecule has 6 heteroatoms.